The molecule has 198 valence electrons. The molecular weight excluding hydrogens is 547 g/mol. The number of benzene rings is 2. The van der Waals surface area contributed by atoms with Crippen molar-refractivity contribution in [3.63, 3.8) is 0 Å². The summed E-state index contributed by atoms with van der Waals surface area (Å²) in [5, 5.41) is 2.61. The van der Waals surface area contributed by atoms with Crippen LogP contribution in [0.5, 0.6) is 0 Å². The van der Waals surface area contributed by atoms with Crippen LogP contribution < -0.4 is 5.32 Å². The average molecular weight is 571 g/mol. The largest absolute Gasteiger partial charge is 0.612 e. The van der Waals surface area contributed by atoms with Crippen LogP contribution in [0.15, 0.2) is 52.9 Å². The van der Waals surface area contributed by atoms with Crippen molar-refractivity contribution in [3.8, 4) is 0 Å². The van der Waals surface area contributed by atoms with Gasteiger partial charge in [0, 0.05) is 6.54 Å². The molecule has 0 aromatic heterocycles. The number of phosphoric acid groups is 2. The zero-order valence-corrected chi connectivity index (χ0v) is 22.4. The van der Waals surface area contributed by atoms with Crippen molar-refractivity contribution in [1.82, 2.24) is 5.32 Å². The Labute approximate surface area is 215 Å². The van der Waals surface area contributed by atoms with Gasteiger partial charge >= 0.3 is 15.6 Å². The zero-order chi connectivity index (χ0) is 27.0. The molecular formula is C23H24FNO9P2S. The maximum absolute atomic E-state index is 14.1. The highest BCUT2D eigenvalue weighted by atomic mass is 32.2. The number of carbonyl (C=O) groups excluding carboxylic acids is 1. The number of halogens is 1. The minimum absolute atomic E-state index is 0.0857. The first-order chi connectivity index (χ1) is 17.3. The highest BCUT2D eigenvalue weighted by molar-refractivity contribution is 7.90. The average Bonchev–Trinajstić information content (AvgIpc) is 3.29. The third-order valence-electron chi connectivity index (χ3n) is 5.74. The predicted molar refractivity (Wildman–Crippen MR) is 135 cm³/mol. The Hall–Kier alpha value is -2.11. The van der Waals surface area contributed by atoms with Gasteiger partial charge < -0.3 is 19.7 Å². The van der Waals surface area contributed by atoms with Gasteiger partial charge in [-0.05, 0) is 94.0 Å². The summed E-state index contributed by atoms with van der Waals surface area (Å²) in [6.07, 6.45) is 2.49. The standard InChI is InChI=1S/C23H24FNO9P2S/c1-14-20(9-15-3-6-18(7-4-15)37(2)31)19-8-5-16(24)10-22(19)21(14)11-23(26)25-12-17-13-32-36(30,33-17)34-35(27,28)29/h3-10,17H,11-13H2,1-2H3,(H,25,26)(H2,27,28,29). The van der Waals surface area contributed by atoms with Crippen LogP contribution in [0, 0.1) is 5.82 Å². The smallest absolute Gasteiger partial charge is 0.484 e. The lowest BCUT2D eigenvalue weighted by Crippen LogP contribution is -2.33. The Morgan fingerprint density at radius 2 is 2.00 bits per heavy atom. The number of phosphoric ester groups is 1. The van der Waals surface area contributed by atoms with Gasteiger partial charge in [0.2, 0.25) is 5.91 Å². The SMILES string of the molecule is CC1=C(CC(=O)NCC2COP(=O)(OP(=O)(O)O)O2)c2cc(F)ccc2C1=Cc1ccc([S+](C)[O-])cc1. The van der Waals surface area contributed by atoms with Crippen LogP contribution in [-0.4, -0.2) is 45.8 Å². The molecule has 0 bridgehead atoms. The third-order valence-corrected chi connectivity index (χ3v) is 9.35. The van der Waals surface area contributed by atoms with E-state index in [1.165, 1.54) is 12.1 Å². The minimum atomic E-state index is -5.10. The van der Waals surface area contributed by atoms with Crippen molar-refractivity contribution in [3.05, 3.63) is 70.5 Å². The second-order valence-electron chi connectivity index (χ2n) is 8.40. The highest BCUT2D eigenvalue weighted by Gasteiger charge is 2.44. The summed E-state index contributed by atoms with van der Waals surface area (Å²) in [7, 11) is -9.54. The molecule has 2 aromatic carbocycles. The molecule has 1 aliphatic heterocycles. The Kier molecular flexibility index (Phi) is 8.25. The van der Waals surface area contributed by atoms with Crippen molar-refractivity contribution in [2.45, 2.75) is 24.3 Å². The van der Waals surface area contributed by atoms with Crippen LogP contribution in [-0.2, 0) is 38.5 Å². The number of fused-ring (bicyclic) bond motifs is 1. The molecule has 37 heavy (non-hydrogen) atoms. The van der Waals surface area contributed by atoms with E-state index in [1.54, 1.807) is 24.5 Å². The molecule has 0 spiro atoms. The molecule has 1 amide bonds. The number of nitrogens with one attached hydrogen (secondary N) is 1. The predicted octanol–water partition coefficient (Wildman–Crippen LogP) is 4.03. The third kappa shape index (κ3) is 6.86. The van der Waals surface area contributed by atoms with Crippen LogP contribution in [0.1, 0.15) is 30.0 Å². The summed E-state index contributed by atoms with van der Waals surface area (Å²) in [6.45, 7) is 1.39. The molecule has 3 unspecified atom stereocenters. The van der Waals surface area contributed by atoms with Crippen LogP contribution in [0.2, 0.25) is 0 Å². The van der Waals surface area contributed by atoms with Gasteiger partial charge in [0.25, 0.3) is 0 Å². The number of carbonyl (C=O) groups is 1. The maximum atomic E-state index is 14.1. The molecule has 1 saturated heterocycles. The maximum Gasteiger partial charge on any atom is 0.484 e. The Morgan fingerprint density at radius 3 is 2.65 bits per heavy atom. The van der Waals surface area contributed by atoms with Crippen molar-refractivity contribution in [2.24, 2.45) is 0 Å². The summed E-state index contributed by atoms with van der Waals surface area (Å²) in [5.41, 5.74) is 4.46. The summed E-state index contributed by atoms with van der Waals surface area (Å²) >= 11 is -1.10. The number of amides is 1. The fraction of sp³-hybridized carbons (Fsp3) is 0.261. The Morgan fingerprint density at radius 1 is 1.30 bits per heavy atom. The van der Waals surface area contributed by atoms with Gasteiger partial charge in [-0.3, -0.25) is 13.8 Å². The second kappa shape index (κ2) is 10.9. The molecule has 3 atom stereocenters. The van der Waals surface area contributed by atoms with E-state index in [-0.39, 0.29) is 19.6 Å². The van der Waals surface area contributed by atoms with E-state index in [4.69, 9.17) is 18.8 Å². The van der Waals surface area contributed by atoms with E-state index in [0.717, 1.165) is 22.3 Å². The van der Waals surface area contributed by atoms with E-state index in [0.29, 0.717) is 16.0 Å². The van der Waals surface area contributed by atoms with Gasteiger partial charge in [-0.15, -0.1) is 0 Å². The fourth-order valence-corrected chi connectivity index (χ4v) is 6.86. The van der Waals surface area contributed by atoms with Crippen molar-refractivity contribution < 1.29 is 46.0 Å². The quantitative estimate of drug-likeness (QED) is 0.315. The molecule has 14 heteroatoms. The van der Waals surface area contributed by atoms with E-state index in [9.17, 15) is 22.9 Å². The second-order valence-corrected chi connectivity index (χ2v) is 12.8. The first-order valence-corrected chi connectivity index (χ1v) is 15.5. The van der Waals surface area contributed by atoms with Gasteiger partial charge in [0.1, 0.15) is 18.2 Å². The van der Waals surface area contributed by atoms with E-state index in [1.807, 2.05) is 25.1 Å². The van der Waals surface area contributed by atoms with Crippen LogP contribution in [0.25, 0.3) is 17.2 Å². The van der Waals surface area contributed by atoms with Gasteiger partial charge in [0.15, 0.2) is 4.90 Å². The number of allylic oxidation sites excluding steroid dienone is 2. The number of hydrogen-bond acceptors (Lipinski definition) is 7. The normalized spacial score (nSPS) is 23.4. The van der Waals surface area contributed by atoms with E-state index in [2.05, 4.69) is 9.63 Å². The molecule has 1 heterocycles. The first-order valence-electron chi connectivity index (χ1n) is 11.0. The number of hydrogen-bond donors (Lipinski definition) is 3. The van der Waals surface area contributed by atoms with Crippen molar-refractivity contribution in [1.29, 1.82) is 0 Å². The van der Waals surface area contributed by atoms with Crippen molar-refractivity contribution in [2.75, 3.05) is 19.4 Å². The van der Waals surface area contributed by atoms with Crippen LogP contribution in [0.4, 0.5) is 4.39 Å². The van der Waals surface area contributed by atoms with E-state index < -0.39 is 44.6 Å². The summed E-state index contributed by atoms with van der Waals surface area (Å²) in [4.78, 5) is 31.1. The molecule has 2 aromatic rings. The highest BCUT2D eigenvalue weighted by Crippen LogP contribution is 2.64. The molecule has 2 aliphatic rings. The monoisotopic (exact) mass is 571 g/mol. The van der Waals surface area contributed by atoms with Gasteiger partial charge in [-0.25, -0.2) is 13.5 Å². The molecule has 4 rings (SSSR count). The summed E-state index contributed by atoms with van der Waals surface area (Å²) in [5.74, 6) is -0.875. The first kappa shape index (κ1) is 27.9. The molecule has 10 nitrogen and oxygen atoms in total. The summed E-state index contributed by atoms with van der Waals surface area (Å²) in [6, 6.07) is 11.6. The van der Waals surface area contributed by atoms with Crippen LogP contribution in [0.3, 0.4) is 0 Å². The number of rotatable bonds is 8. The minimum Gasteiger partial charge on any atom is -0.612 e. The fourth-order valence-electron chi connectivity index (χ4n) is 4.04. The molecule has 1 aliphatic carbocycles. The molecule has 3 N–H and O–H groups in total. The van der Waals surface area contributed by atoms with E-state index >= 15 is 0 Å². The topological polar surface area (TPSA) is 154 Å². The van der Waals surface area contributed by atoms with Crippen molar-refractivity contribution >= 4 is 50.0 Å². The lowest BCUT2D eigenvalue weighted by atomic mass is 10.0. The molecule has 0 saturated carbocycles. The lowest BCUT2D eigenvalue weighted by molar-refractivity contribution is -0.120. The van der Waals surface area contributed by atoms with Crippen LogP contribution >= 0.6 is 15.6 Å². The Balaban J connectivity index is 1.49. The van der Waals surface area contributed by atoms with Gasteiger partial charge in [-0.1, -0.05) is 6.07 Å². The lowest BCUT2D eigenvalue weighted by Gasteiger charge is -2.13. The summed E-state index contributed by atoms with van der Waals surface area (Å²) < 4.78 is 62.6. The molecule has 0 radical (unpaired) electrons. The molecule has 1 fully saturated rings. The zero-order valence-electron chi connectivity index (χ0n) is 19.8. The van der Waals surface area contributed by atoms with Gasteiger partial charge in [-0.2, -0.15) is 4.31 Å². The Bertz CT molecular complexity index is 1370. The van der Waals surface area contributed by atoms with Gasteiger partial charge in [0.05, 0.1) is 13.0 Å².